The van der Waals surface area contributed by atoms with Crippen molar-refractivity contribution in [3.8, 4) is 0 Å². The van der Waals surface area contributed by atoms with E-state index in [0.717, 1.165) is 19.1 Å². The summed E-state index contributed by atoms with van der Waals surface area (Å²) in [6.45, 7) is 5.81. The van der Waals surface area contributed by atoms with Crippen molar-refractivity contribution in [1.82, 2.24) is 4.90 Å². The van der Waals surface area contributed by atoms with Gasteiger partial charge in [0.05, 0.1) is 6.54 Å². The average Bonchev–Trinajstić information content (AvgIpc) is 2.79. The molecule has 4 heterocycles. The molecule has 13 heavy (non-hydrogen) atoms. The smallest absolute Gasteiger partial charge is 0.169 e. The van der Waals surface area contributed by atoms with E-state index in [-0.39, 0.29) is 0 Å². The lowest BCUT2D eigenvalue weighted by Crippen LogP contribution is -2.41. The van der Waals surface area contributed by atoms with Gasteiger partial charge in [0.1, 0.15) is 6.61 Å². The summed E-state index contributed by atoms with van der Waals surface area (Å²) in [5, 5.41) is 0. The molecule has 0 aromatic carbocycles. The molecule has 4 rings (SSSR count). The largest absolute Gasteiger partial charge is 0.482 e. The first-order chi connectivity index (χ1) is 6.45. The molecule has 2 bridgehead atoms. The number of hydrogen-bond donors (Lipinski definition) is 0. The fourth-order valence-corrected chi connectivity index (χ4v) is 2.13. The molecule has 74 valence electrons. The lowest BCUT2D eigenvalue weighted by molar-refractivity contribution is 0.111. The Hall–Kier alpha value is -0.570. The number of aliphatic imine (C=N–C) groups is 1. The summed E-state index contributed by atoms with van der Waals surface area (Å²) < 4.78 is 4.65. The van der Waals surface area contributed by atoms with Crippen molar-refractivity contribution in [2.24, 2.45) is 10.9 Å². The molecule has 0 unspecified atom stereocenters. The van der Waals surface area contributed by atoms with E-state index in [1.165, 1.54) is 45.3 Å². The van der Waals surface area contributed by atoms with Gasteiger partial charge in [0, 0.05) is 0 Å². The molecular weight excluding hydrogens is 164 g/mol. The predicted octanol–water partition coefficient (Wildman–Crippen LogP) is 1.15. The topological polar surface area (TPSA) is 24.8 Å². The normalized spacial score (nSPS) is 35.1. The third-order valence-electron chi connectivity index (χ3n) is 3.05. The predicted molar refractivity (Wildman–Crippen MR) is 53.1 cm³/mol. The van der Waals surface area contributed by atoms with Crippen LogP contribution in [0.4, 0.5) is 0 Å². The molecule has 0 radical (unpaired) electrons. The maximum Gasteiger partial charge on any atom is 0.169 e. The van der Waals surface area contributed by atoms with E-state index in [4.69, 9.17) is 0 Å². The fourth-order valence-electron chi connectivity index (χ4n) is 2.13. The molecule has 0 saturated carbocycles. The van der Waals surface area contributed by atoms with Gasteiger partial charge in [0.25, 0.3) is 0 Å². The maximum atomic E-state index is 4.65. The number of ether oxygens (including phenoxy) is 1. The summed E-state index contributed by atoms with van der Waals surface area (Å²) in [5.41, 5.74) is 0. The first kappa shape index (κ1) is 9.00. The Balaban J connectivity index is 0.000000113. The minimum Gasteiger partial charge on any atom is -0.482 e. The van der Waals surface area contributed by atoms with E-state index in [0.29, 0.717) is 0 Å². The summed E-state index contributed by atoms with van der Waals surface area (Å²) in [5.74, 6) is 1.11. The van der Waals surface area contributed by atoms with Gasteiger partial charge in [-0.05, 0) is 44.8 Å². The van der Waals surface area contributed by atoms with Gasteiger partial charge in [0.15, 0.2) is 6.40 Å². The summed E-state index contributed by atoms with van der Waals surface area (Å²) in [7, 11) is 0. The van der Waals surface area contributed by atoms with Gasteiger partial charge in [-0.3, -0.25) is 4.99 Å². The second-order valence-corrected chi connectivity index (χ2v) is 3.96. The van der Waals surface area contributed by atoms with Crippen LogP contribution in [-0.2, 0) is 4.74 Å². The van der Waals surface area contributed by atoms with Crippen molar-refractivity contribution in [3.63, 3.8) is 0 Å². The molecule has 0 amide bonds. The van der Waals surface area contributed by atoms with Gasteiger partial charge >= 0.3 is 0 Å². The van der Waals surface area contributed by atoms with Crippen LogP contribution < -0.4 is 0 Å². The van der Waals surface area contributed by atoms with Crippen molar-refractivity contribution in [3.05, 3.63) is 0 Å². The lowest BCUT2D eigenvalue weighted by Gasteiger charge is -2.38. The van der Waals surface area contributed by atoms with Crippen LogP contribution in [0.1, 0.15) is 19.3 Å². The second kappa shape index (κ2) is 4.61. The fraction of sp³-hybridized carbons (Fsp3) is 0.900. The van der Waals surface area contributed by atoms with E-state index < -0.39 is 0 Å². The van der Waals surface area contributed by atoms with Crippen molar-refractivity contribution in [1.29, 1.82) is 0 Å². The molecule has 0 aromatic heterocycles. The van der Waals surface area contributed by atoms with Crippen molar-refractivity contribution >= 4 is 6.40 Å². The van der Waals surface area contributed by atoms with Gasteiger partial charge in [0.2, 0.25) is 0 Å². The van der Waals surface area contributed by atoms with E-state index >= 15 is 0 Å². The highest BCUT2D eigenvalue weighted by atomic mass is 16.5. The molecule has 0 spiro atoms. The Morgan fingerprint density at radius 1 is 1.15 bits per heavy atom. The second-order valence-electron chi connectivity index (χ2n) is 3.96. The Kier molecular flexibility index (Phi) is 3.19. The van der Waals surface area contributed by atoms with Crippen LogP contribution in [0.25, 0.3) is 0 Å². The number of fused-ring (bicyclic) bond motifs is 3. The standard InChI is InChI=1S/C7H13N.C3H5NO/c1-4-8-5-2-7(1)3-6-8;1-2-5-3-4-1/h7H,1-6H2;3H,1-2H2. The molecule has 4 aliphatic heterocycles. The van der Waals surface area contributed by atoms with Crippen molar-refractivity contribution in [2.75, 3.05) is 32.8 Å². The molecule has 0 atom stereocenters. The van der Waals surface area contributed by atoms with Gasteiger partial charge < -0.3 is 9.64 Å². The molecule has 0 aliphatic carbocycles. The highest BCUT2D eigenvalue weighted by molar-refractivity contribution is 5.47. The van der Waals surface area contributed by atoms with Crippen LogP contribution in [-0.4, -0.2) is 44.1 Å². The van der Waals surface area contributed by atoms with Crippen LogP contribution >= 0.6 is 0 Å². The molecule has 0 aromatic rings. The number of rotatable bonds is 0. The zero-order valence-corrected chi connectivity index (χ0v) is 8.11. The number of piperidine rings is 3. The lowest BCUT2D eigenvalue weighted by atomic mass is 9.89. The highest BCUT2D eigenvalue weighted by Crippen LogP contribution is 2.26. The van der Waals surface area contributed by atoms with Crippen LogP contribution in [0.2, 0.25) is 0 Å². The quantitative estimate of drug-likeness (QED) is 0.561. The van der Waals surface area contributed by atoms with E-state index in [9.17, 15) is 0 Å². The summed E-state index contributed by atoms with van der Waals surface area (Å²) >= 11 is 0. The SMILES string of the molecule is C1=NCCO1.C1CN2CCC1CC2. The zero-order chi connectivity index (χ0) is 8.93. The van der Waals surface area contributed by atoms with Crippen LogP contribution in [0, 0.1) is 5.92 Å². The van der Waals surface area contributed by atoms with Gasteiger partial charge in [-0.1, -0.05) is 0 Å². The first-order valence-electron chi connectivity index (χ1n) is 5.27. The number of hydrogen-bond acceptors (Lipinski definition) is 3. The third-order valence-corrected chi connectivity index (χ3v) is 3.05. The summed E-state index contributed by atoms with van der Waals surface area (Å²) in [4.78, 5) is 6.32. The van der Waals surface area contributed by atoms with Gasteiger partial charge in [-0.2, -0.15) is 0 Å². The van der Waals surface area contributed by atoms with E-state index in [1.807, 2.05) is 0 Å². The Labute approximate surface area is 79.8 Å². The molecular formula is C10H18N2O. The Morgan fingerprint density at radius 3 is 2.00 bits per heavy atom. The Morgan fingerprint density at radius 2 is 1.85 bits per heavy atom. The number of nitrogens with zero attached hydrogens (tertiary/aromatic N) is 2. The molecule has 4 aliphatic rings. The van der Waals surface area contributed by atoms with Gasteiger partial charge in [-0.15, -0.1) is 0 Å². The Bertz CT molecular complexity index is 145. The molecule has 3 heteroatoms. The van der Waals surface area contributed by atoms with Crippen LogP contribution in [0.5, 0.6) is 0 Å². The highest BCUT2D eigenvalue weighted by Gasteiger charge is 2.24. The minimum absolute atomic E-state index is 0.778. The van der Waals surface area contributed by atoms with E-state index in [2.05, 4.69) is 14.6 Å². The zero-order valence-electron chi connectivity index (χ0n) is 8.11. The molecule has 3 fully saturated rings. The minimum atomic E-state index is 0.778. The first-order valence-corrected chi connectivity index (χ1v) is 5.27. The molecule has 0 N–H and O–H groups in total. The summed E-state index contributed by atoms with van der Waals surface area (Å²) in [6, 6.07) is 0. The molecule has 3 saturated heterocycles. The third kappa shape index (κ3) is 2.69. The average molecular weight is 182 g/mol. The van der Waals surface area contributed by atoms with Gasteiger partial charge in [-0.25, -0.2) is 0 Å². The van der Waals surface area contributed by atoms with Crippen LogP contribution in [0.15, 0.2) is 4.99 Å². The van der Waals surface area contributed by atoms with Crippen LogP contribution in [0.3, 0.4) is 0 Å². The maximum absolute atomic E-state index is 4.65. The van der Waals surface area contributed by atoms with Crippen molar-refractivity contribution < 1.29 is 4.74 Å². The monoisotopic (exact) mass is 182 g/mol. The van der Waals surface area contributed by atoms with E-state index in [1.54, 1.807) is 0 Å². The molecule has 3 nitrogen and oxygen atoms in total. The summed E-state index contributed by atoms with van der Waals surface area (Å²) in [6.07, 6.45) is 5.94. The van der Waals surface area contributed by atoms with Crippen molar-refractivity contribution in [2.45, 2.75) is 19.3 Å².